The number of hydrogen-bond acceptors (Lipinski definition) is 3. The predicted molar refractivity (Wildman–Crippen MR) is 90.2 cm³/mol. The van der Waals surface area contributed by atoms with Crippen molar-refractivity contribution < 1.29 is 0 Å². The molecule has 23 heavy (non-hydrogen) atoms. The fraction of sp³-hybridized carbons (Fsp3) is 0.312. The highest BCUT2D eigenvalue weighted by Crippen LogP contribution is 2.07. The molecule has 0 aliphatic carbocycles. The van der Waals surface area contributed by atoms with Gasteiger partial charge in [-0.2, -0.15) is 5.10 Å². The number of guanidine groups is 1. The molecule has 0 bridgehead atoms. The minimum absolute atomic E-state index is 0.617. The van der Waals surface area contributed by atoms with E-state index in [0.29, 0.717) is 13.1 Å². The number of hydrogen-bond donors (Lipinski definition) is 2. The lowest BCUT2D eigenvalue weighted by atomic mass is 10.3. The van der Waals surface area contributed by atoms with Crippen LogP contribution in [0.1, 0.15) is 17.0 Å². The second-order valence-electron chi connectivity index (χ2n) is 5.43. The van der Waals surface area contributed by atoms with Crippen LogP contribution in [0.25, 0.3) is 5.65 Å². The van der Waals surface area contributed by atoms with Crippen molar-refractivity contribution in [1.29, 1.82) is 0 Å². The normalized spacial score (nSPS) is 11.9. The molecule has 3 rings (SSSR count). The van der Waals surface area contributed by atoms with E-state index < -0.39 is 0 Å². The maximum Gasteiger partial charge on any atom is 0.191 e. The second kappa shape index (κ2) is 6.51. The molecule has 3 heterocycles. The zero-order chi connectivity index (χ0) is 16.2. The van der Waals surface area contributed by atoms with Crippen LogP contribution in [-0.2, 0) is 20.1 Å². The van der Waals surface area contributed by atoms with Crippen LogP contribution in [0.5, 0.6) is 0 Å². The summed E-state index contributed by atoms with van der Waals surface area (Å²) < 4.78 is 3.86. The van der Waals surface area contributed by atoms with Crippen molar-refractivity contribution >= 4 is 11.6 Å². The Morgan fingerprint density at radius 3 is 2.83 bits per heavy atom. The summed E-state index contributed by atoms with van der Waals surface area (Å²) in [5, 5.41) is 10.7. The van der Waals surface area contributed by atoms with Gasteiger partial charge in [0.1, 0.15) is 5.65 Å². The van der Waals surface area contributed by atoms with E-state index in [2.05, 4.69) is 44.8 Å². The summed E-state index contributed by atoms with van der Waals surface area (Å²) in [5.41, 5.74) is 4.23. The first-order chi connectivity index (χ1) is 11.2. The predicted octanol–water partition coefficient (Wildman–Crippen LogP) is 1.24. The van der Waals surface area contributed by atoms with Gasteiger partial charge in [0.15, 0.2) is 5.96 Å². The molecule has 3 aromatic heterocycles. The molecule has 0 aliphatic rings. The van der Waals surface area contributed by atoms with Crippen LogP contribution in [0.4, 0.5) is 0 Å². The smallest absolute Gasteiger partial charge is 0.191 e. The third-order valence-electron chi connectivity index (χ3n) is 3.69. The molecule has 0 saturated heterocycles. The van der Waals surface area contributed by atoms with Crippen LogP contribution in [0.2, 0.25) is 0 Å². The summed E-state index contributed by atoms with van der Waals surface area (Å²) >= 11 is 0. The Bertz CT molecular complexity index is 828. The van der Waals surface area contributed by atoms with Crippen molar-refractivity contribution in [2.75, 3.05) is 7.05 Å². The fourth-order valence-electron chi connectivity index (χ4n) is 2.37. The Balaban J connectivity index is 1.59. The quantitative estimate of drug-likeness (QED) is 0.562. The van der Waals surface area contributed by atoms with Crippen molar-refractivity contribution in [2.45, 2.75) is 20.0 Å². The van der Waals surface area contributed by atoms with Gasteiger partial charge in [0, 0.05) is 32.7 Å². The third kappa shape index (κ3) is 3.50. The number of aliphatic imine (C=N–C) groups is 1. The second-order valence-corrected chi connectivity index (χ2v) is 5.43. The van der Waals surface area contributed by atoms with Crippen molar-refractivity contribution in [2.24, 2.45) is 12.0 Å². The fourth-order valence-corrected chi connectivity index (χ4v) is 2.37. The maximum atomic E-state index is 4.61. The zero-order valence-electron chi connectivity index (χ0n) is 13.6. The van der Waals surface area contributed by atoms with Gasteiger partial charge < -0.3 is 15.0 Å². The molecule has 0 fully saturated rings. The van der Waals surface area contributed by atoms with Gasteiger partial charge in [0.25, 0.3) is 0 Å². The van der Waals surface area contributed by atoms with E-state index in [1.165, 1.54) is 5.56 Å². The summed E-state index contributed by atoms with van der Waals surface area (Å²) in [5.74, 6) is 0.736. The van der Waals surface area contributed by atoms with Crippen molar-refractivity contribution in [3.8, 4) is 0 Å². The number of aryl methyl sites for hydroxylation is 2. The molecule has 120 valence electrons. The standard InChI is InChI=1S/C16H21N7/c1-12-5-7-23-11-13(21-15(23)8-12)9-18-16(17-2)19-10-14-4-6-20-22(14)3/h4-8,11H,9-10H2,1-3H3,(H2,17,18,19). The summed E-state index contributed by atoms with van der Waals surface area (Å²) in [6, 6.07) is 6.12. The van der Waals surface area contributed by atoms with E-state index in [9.17, 15) is 0 Å². The summed E-state index contributed by atoms with van der Waals surface area (Å²) in [4.78, 5) is 8.84. The van der Waals surface area contributed by atoms with Gasteiger partial charge in [-0.25, -0.2) is 4.98 Å². The molecule has 0 aromatic carbocycles. The van der Waals surface area contributed by atoms with Crippen molar-refractivity contribution in [1.82, 2.24) is 29.8 Å². The number of rotatable bonds is 4. The molecule has 0 radical (unpaired) electrons. The highest BCUT2D eigenvalue weighted by atomic mass is 15.3. The first kappa shape index (κ1) is 15.1. The van der Waals surface area contributed by atoms with Gasteiger partial charge in [0.2, 0.25) is 0 Å². The minimum Gasteiger partial charge on any atom is -0.351 e. The number of pyridine rings is 1. The molecule has 7 nitrogen and oxygen atoms in total. The van der Waals surface area contributed by atoms with Crippen LogP contribution in [-0.4, -0.2) is 32.2 Å². The Kier molecular flexibility index (Phi) is 4.27. The molecule has 0 spiro atoms. The van der Waals surface area contributed by atoms with Crippen LogP contribution in [0.15, 0.2) is 41.8 Å². The van der Waals surface area contributed by atoms with Gasteiger partial charge in [-0.3, -0.25) is 9.67 Å². The van der Waals surface area contributed by atoms with E-state index in [-0.39, 0.29) is 0 Å². The summed E-state index contributed by atoms with van der Waals surface area (Å²) in [7, 11) is 3.68. The first-order valence-corrected chi connectivity index (χ1v) is 7.51. The molecule has 0 saturated carbocycles. The Hall–Kier alpha value is -2.83. The highest BCUT2D eigenvalue weighted by Gasteiger charge is 2.04. The topological polar surface area (TPSA) is 71.5 Å². The van der Waals surface area contributed by atoms with Gasteiger partial charge >= 0.3 is 0 Å². The molecule has 0 atom stereocenters. The Morgan fingerprint density at radius 1 is 1.26 bits per heavy atom. The number of nitrogens with one attached hydrogen (secondary N) is 2. The Labute approximate surface area is 135 Å². The molecule has 0 amide bonds. The lowest BCUT2D eigenvalue weighted by Crippen LogP contribution is -2.36. The van der Waals surface area contributed by atoms with E-state index in [1.54, 1.807) is 13.2 Å². The molecule has 0 unspecified atom stereocenters. The molecular weight excluding hydrogens is 290 g/mol. The number of imidazole rings is 1. The average molecular weight is 311 g/mol. The maximum absolute atomic E-state index is 4.61. The lowest BCUT2D eigenvalue weighted by molar-refractivity contribution is 0.684. The number of nitrogens with zero attached hydrogens (tertiary/aromatic N) is 5. The molecule has 3 aromatic rings. The SMILES string of the molecule is CN=C(NCc1cn2ccc(C)cc2n1)NCc1ccnn1C. The number of fused-ring (bicyclic) bond motifs is 1. The van der Waals surface area contributed by atoms with Crippen LogP contribution >= 0.6 is 0 Å². The highest BCUT2D eigenvalue weighted by molar-refractivity contribution is 5.79. The van der Waals surface area contributed by atoms with Crippen molar-refractivity contribution in [3.63, 3.8) is 0 Å². The lowest BCUT2D eigenvalue weighted by Gasteiger charge is -2.10. The van der Waals surface area contributed by atoms with E-state index in [1.807, 2.05) is 34.6 Å². The zero-order valence-corrected chi connectivity index (χ0v) is 13.6. The largest absolute Gasteiger partial charge is 0.351 e. The van der Waals surface area contributed by atoms with Gasteiger partial charge in [-0.05, 0) is 30.7 Å². The molecule has 2 N–H and O–H groups in total. The number of aromatic nitrogens is 4. The van der Waals surface area contributed by atoms with E-state index in [0.717, 1.165) is 23.0 Å². The van der Waals surface area contributed by atoms with Gasteiger partial charge in [0.05, 0.1) is 24.5 Å². The van der Waals surface area contributed by atoms with E-state index in [4.69, 9.17) is 0 Å². The van der Waals surface area contributed by atoms with Crippen molar-refractivity contribution in [3.05, 3.63) is 53.7 Å². The molecular formula is C16H21N7. The van der Waals surface area contributed by atoms with Crippen LogP contribution in [0, 0.1) is 6.92 Å². The van der Waals surface area contributed by atoms with E-state index >= 15 is 0 Å². The summed E-state index contributed by atoms with van der Waals surface area (Å²) in [6.45, 7) is 3.35. The molecule has 7 heteroatoms. The summed E-state index contributed by atoms with van der Waals surface area (Å²) in [6.07, 6.45) is 5.83. The third-order valence-corrected chi connectivity index (χ3v) is 3.69. The van der Waals surface area contributed by atoms with Gasteiger partial charge in [-0.15, -0.1) is 0 Å². The van der Waals surface area contributed by atoms with Gasteiger partial charge in [-0.1, -0.05) is 0 Å². The first-order valence-electron chi connectivity index (χ1n) is 7.51. The average Bonchev–Trinajstić information content (AvgIpc) is 3.13. The van der Waals surface area contributed by atoms with Crippen LogP contribution < -0.4 is 10.6 Å². The molecule has 0 aliphatic heterocycles. The Morgan fingerprint density at radius 2 is 2.09 bits per heavy atom. The monoisotopic (exact) mass is 311 g/mol. The van der Waals surface area contributed by atoms with Crippen LogP contribution in [0.3, 0.4) is 0 Å². The minimum atomic E-state index is 0.617.